The molecule has 0 spiro atoms. The summed E-state index contributed by atoms with van der Waals surface area (Å²) in [6.45, 7) is -2.98. The molecule has 0 atom stereocenters. The van der Waals surface area contributed by atoms with Crippen LogP contribution in [0.1, 0.15) is 15.9 Å². The van der Waals surface area contributed by atoms with E-state index in [0.717, 1.165) is 0 Å². The van der Waals surface area contributed by atoms with Crippen molar-refractivity contribution in [1.82, 2.24) is 0 Å². The van der Waals surface area contributed by atoms with Crippen LogP contribution < -0.4 is 14.2 Å². The van der Waals surface area contributed by atoms with Gasteiger partial charge in [0, 0.05) is 0 Å². The fourth-order valence-corrected chi connectivity index (χ4v) is 1.95. The van der Waals surface area contributed by atoms with E-state index in [-0.39, 0.29) is 18.1 Å². The number of hydrogen-bond donors (Lipinski definition) is 0. The number of carbonyl (C=O) groups excluding carboxylic acids is 1. The van der Waals surface area contributed by atoms with Gasteiger partial charge in [0.2, 0.25) is 0 Å². The monoisotopic (exact) mass is 338 g/mol. The zero-order chi connectivity index (χ0) is 17.5. The van der Waals surface area contributed by atoms with E-state index < -0.39 is 12.6 Å². The van der Waals surface area contributed by atoms with Gasteiger partial charge >= 0.3 is 12.6 Å². The summed E-state index contributed by atoms with van der Waals surface area (Å²) in [6, 6.07) is 10.8. The van der Waals surface area contributed by atoms with E-state index in [0.29, 0.717) is 16.9 Å². The fraction of sp³-hybridized carbons (Fsp3) is 0.235. The van der Waals surface area contributed by atoms with E-state index in [9.17, 15) is 13.6 Å². The lowest BCUT2D eigenvalue weighted by atomic mass is 10.2. The second-order valence-electron chi connectivity index (χ2n) is 4.67. The molecule has 0 aromatic heterocycles. The zero-order valence-corrected chi connectivity index (χ0v) is 13.1. The van der Waals surface area contributed by atoms with Crippen molar-refractivity contribution >= 4 is 5.97 Å². The number of benzene rings is 2. The number of halogens is 2. The van der Waals surface area contributed by atoms with Crippen molar-refractivity contribution in [1.29, 1.82) is 0 Å². The molecule has 0 unspecified atom stereocenters. The highest BCUT2D eigenvalue weighted by Crippen LogP contribution is 2.29. The van der Waals surface area contributed by atoms with Crippen molar-refractivity contribution in [2.24, 2.45) is 0 Å². The molecule has 0 amide bonds. The predicted octanol–water partition coefficient (Wildman–Crippen LogP) is 3.66. The summed E-state index contributed by atoms with van der Waals surface area (Å²) in [6.07, 6.45) is 0. The zero-order valence-electron chi connectivity index (χ0n) is 13.1. The third-order valence-corrected chi connectivity index (χ3v) is 3.14. The molecule has 2 rings (SSSR count). The number of hydrogen-bond acceptors (Lipinski definition) is 5. The average molecular weight is 338 g/mol. The second kappa shape index (κ2) is 8.14. The van der Waals surface area contributed by atoms with Gasteiger partial charge in [0.1, 0.15) is 12.4 Å². The molecule has 0 aliphatic heterocycles. The van der Waals surface area contributed by atoms with E-state index in [2.05, 4.69) is 4.74 Å². The Labute approximate surface area is 137 Å². The minimum atomic E-state index is -2.95. The molecule has 128 valence electrons. The SMILES string of the molecule is COc1ccc(C(=O)OCc2ccc(OC(F)F)c(OC)c2)cc1. The largest absolute Gasteiger partial charge is 0.497 e. The van der Waals surface area contributed by atoms with Crippen LogP contribution in [0.5, 0.6) is 17.2 Å². The van der Waals surface area contributed by atoms with Gasteiger partial charge in [-0.2, -0.15) is 8.78 Å². The number of ether oxygens (including phenoxy) is 4. The van der Waals surface area contributed by atoms with Gasteiger partial charge in [0.15, 0.2) is 11.5 Å². The molecule has 2 aromatic rings. The summed E-state index contributed by atoms with van der Waals surface area (Å²) >= 11 is 0. The maximum absolute atomic E-state index is 12.3. The van der Waals surface area contributed by atoms with Gasteiger partial charge < -0.3 is 18.9 Å². The molecule has 0 N–H and O–H groups in total. The summed E-state index contributed by atoms with van der Waals surface area (Å²) in [5.41, 5.74) is 0.954. The maximum atomic E-state index is 12.3. The van der Waals surface area contributed by atoms with Crippen LogP contribution >= 0.6 is 0 Å². The van der Waals surface area contributed by atoms with Crippen molar-refractivity contribution in [2.45, 2.75) is 13.2 Å². The van der Waals surface area contributed by atoms with Gasteiger partial charge in [-0.05, 0) is 42.0 Å². The van der Waals surface area contributed by atoms with E-state index >= 15 is 0 Å². The molecule has 0 aliphatic rings. The van der Waals surface area contributed by atoms with Gasteiger partial charge in [0.25, 0.3) is 0 Å². The van der Waals surface area contributed by atoms with Crippen LogP contribution in [0.2, 0.25) is 0 Å². The number of esters is 1. The lowest BCUT2D eigenvalue weighted by molar-refractivity contribution is -0.0512. The Hall–Kier alpha value is -2.83. The van der Waals surface area contributed by atoms with E-state index in [4.69, 9.17) is 14.2 Å². The molecule has 7 heteroatoms. The fourth-order valence-electron chi connectivity index (χ4n) is 1.95. The Bertz CT molecular complexity index is 686. The number of methoxy groups -OCH3 is 2. The molecule has 0 fully saturated rings. The third-order valence-electron chi connectivity index (χ3n) is 3.14. The highest BCUT2D eigenvalue weighted by Gasteiger charge is 2.12. The van der Waals surface area contributed by atoms with Crippen molar-refractivity contribution in [3.63, 3.8) is 0 Å². The van der Waals surface area contributed by atoms with Crippen LogP contribution in [0.15, 0.2) is 42.5 Å². The summed E-state index contributed by atoms with van der Waals surface area (Å²) in [5, 5.41) is 0. The van der Waals surface area contributed by atoms with E-state index in [1.54, 1.807) is 24.3 Å². The molecular formula is C17H16F2O5. The van der Waals surface area contributed by atoms with Crippen LogP contribution in [-0.2, 0) is 11.3 Å². The summed E-state index contributed by atoms with van der Waals surface area (Å²) in [4.78, 5) is 12.0. The lowest BCUT2D eigenvalue weighted by Crippen LogP contribution is -2.06. The second-order valence-corrected chi connectivity index (χ2v) is 4.67. The Morgan fingerprint density at radius 2 is 1.71 bits per heavy atom. The van der Waals surface area contributed by atoms with Gasteiger partial charge in [-0.25, -0.2) is 4.79 Å². The van der Waals surface area contributed by atoms with Gasteiger partial charge in [-0.3, -0.25) is 0 Å². The van der Waals surface area contributed by atoms with E-state index in [1.807, 2.05) is 0 Å². The predicted molar refractivity (Wildman–Crippen MR) is 81.7 cm³/mol. The minimum Gasteiger partial charge on any atom is -0.497 e. The van der Waals surface area contributed by atoms with Crippen LogP contribution in [0.25, 0.3) is 0 Å². The highest BCUT2D eigenvalue weighted by atomic mass is 19.3. The molecule has 0 radical (unpaired) electrons. The number of carbonyl (C=O) groups is 1. The molecular weight excluding hydrogens is 322 g/mol. The van der Waals surface area contributed by atoms with Gasteiger partial charge in [-0.15, -0.1) is 0 Å². The Balaban J connectivity index is 2.01. The molecule has 0 heterocycles. The van der Waals surface area contributed by atoms with Crippen molar-refractivity contribution < 1.29 is 32.5 Å². The number of alkyl halides is 2. The lowest BCUT2D eigenvalue weighted by Gasteiger charge is -2.11. The van der Waals surface area contributed by atoms with Crippen molar-refractivity contribution in [3.05, 3.63) is 53.6 Å². The first kappa shape index (κ1) is 17.5. The smallest absolute Gasteiger partial charge is 0.387 e. The van der Waals surface area contributed by atoms with Gasteiger partial charge in [-0.1, -0.05) is 6.07 Å². The molecule has 2 aromatic carbocycles. The Morgan fingerprint density at radius 1 is 1.00 bits per heavy atom. The first-order valence-electron chi connectivity index (χ1n) is 6.96. The molecule has 0 bridgehead atoms. The van der Waals surface area contributed by atoms with Crippen LogP contribution in [0.4, 0.5) is 8.78 Å². The summed E-state index contributed by atoms with van der Waals surface area (Å²) < 4.78 is 44.1. The van der Waals surface area contributed by atoms with Crippen molar-refractivity contribution in [3.8, 4) is 17.2 Å². The van der Waals surface area contributed by atoms with Crippen LogP contribution in [0.3, 0.4) is 0 Å². The molecule has 0 aliphatic carbocycles. The Morgan fingerprint density at radius 3 is 2.29 bits per heavy atom. The summed E-state index contributed by atoms with van der Waals surface area (Å²) in [5.74, 6) is 0.168. The van der Waals surface area contributed by atoms with E-state index in [1.165, 1.54) is 32.4 Å². The number of rotatable bonds is 7. The maximum Gasteiger partial charge on any atom is 0.387 e. The molecule has 0 saturated heterocycles. The Kier molecular flexibility index (Phi) is 5.95. The normalized spacial score (nSPS) is 10.4. The molecule has 24 heavy (non-hydrogen) atoms. The van der Waals surface area contributed by atoms with Crippen LogP contribution in [0, 0.1) is 0 Å². The van der Waals surface area contributed by atoms with Gasteiger partial charge in [0.05, 0.1) is 19.8 Å². The quantitative estimate of drug-likeness (QED) is 0.721. The molecule has 0 saturated carbocycles. The topological polar surface area (TPSA) is 54.0 Å². The van der Waals surface area contributed by atoms with Crippen LogP contribution in [-0.4, -0.2) is 26.8 Å². The minimum absolute atomic E-state index is 0.0316. The van der Waals surface area contributed by atoms with Crippen molar-refractivity contribution in [2.75, 3.05) is 14.2 Å². The first-order chi connectivity index (χ1) is 11.5. The highest BCUT2D eigenvalue weighted by molar-refractivity contribution is 5.89. The first-order valence-corrected chi connectivity index (χ1v) is 6.96. The molecule has 5 nitrogen and oxygen atoms in total. The standard InChI is InChI=1S/C17H16F2O5/c1-21-13-6-4-12(5-7-13)16(20)23-10-11-3-8-14(24-17(18)19)15(9-11)22-2/h3-9,17H,10H2,1-2H3. The average Bonchev–Trinajstić information content (AvgIpc) is 2.60. The third kappa shape index (κ3) is 4.58. The summed E-state index contributed by atoms with van der Waals surface area (Å²) in [7, 11) is 2.86.